The number of amides is 1. The first-order chi connectivity index (χ1) is 9.61. The number of hydrogen-bond acceptors (Lipinski definition) is 3. The largest absolute Gasteiger partial charge is 0.393 e. The molecule has 5 heteroatoms. The van der Waals surface area contributed by atoms with Crippen molar-refractivity contribution in [2.45, 2.75) is 25.9 Å². The molecule has 3 N–H and O–H groups in total. The van der Waals surface area contributed by atoms with E-state index in [0.29, 0.717) is 30.3 Å². The lowest BCUT2D eigenvalue weighted by molar-refractivity contribution is 0.0937. The molecule has 20 heavy (non-hydrogen) atoms. The minimum Gasteiger partial charge on any atom is -0.393 e. The molecule has 0 aliphatic rings. The van der Waals surface area contributed by atoms with E-state index in [0.717, 1.165) is 0 Å². The number of carbonyl (C=O) groups excluding carboxylic acids is 1. The monoisotopic (exact) mass is 274 g/mol. The smallest absolute Gasteiger partial charge is 0.267 e. The molecular weight excluding hydrogens is 256 g/mol. The fraction of sp³-hybridized carbons (Fsp3) is 0.333. The Labute approximate surface area is 116 Å². The summed E-state index contributed by atoms with van der Waals surface area (Å²) in [6.45, 7) is 2.26. The third kappa shape index (κ3) is 3.24. The number of aromatic nitrogens is 1. The van der Waals surface area contributed by atoms with Crippen molar-refractivity contribution in [1.29, 1.82) is 0 Å². The van der Waals surface area contributed by atoms with Crippen molar-refractivity contribution in [3.63, 3.8) is 0 Å². The molecule has 0 aliphatic heterocycles. The predicted octanol–water partition coefficient (Wildman–Crippen LogP) is 1.42. The van der Waals surface area contributed by atoms with Crippen LogP contribution in [-0.2, 0) is 0 Å². The van der Waals surface area contributed by atoms with Gasteiger partial charge in [0.1, 0.15) is 5.69 Å². The van der Waals surface area contributed by atoms with E-state index in [1.165, 1.54) is 6.07 Å². The number of fused-ring (bicyclic) bond motifs is 1. The Bertz CT molecular complexity index is 663. The van der Waals surface area contributed by atoms with Gasteiger partial charge in [0.25, 0.3) is 5.91 Å². The minimum atomic E-state index is -0.411. The van der Waals surface area contributed by atoms with Crippen LogP contribution in [0.4, 0.5) is 0 Å². The number of H-pyrrole nitrogens is 1. The molecule has 106 valence electrons. The summed E-state index contributed by atoms with van der Waals surface area (Å²) in [6.07, 6.45) is 0.744. The van der Waals surface area contributed by atoms with Crippen molar-refractivity contribution in [3.05, 3.63) is 46.2 Å². The number of aliphatic hydroxyl groups is 1. The topological polar surface area (TPSA) is 82.2 Å². The molecule has 0 bridgehead atoms. The van der Waals surface area contributed by atoms with Gasteiger partial charge in [0.2, 0.25) is 0 Å². The zero-order chi connectivity index (χ0) is 14.5. The average Bonchev–Trinajstić information content (AvgIpc) is 2.46. The zero-order valence-corrected chi connectivity index (χ0v) is 11.3. The summed E-state index contributed by atoms with van der Waals surface area (Å²) < 4.78 is 0. The van der Waals surface area contributed by atoms with Gasteiger partial charge in [-0.25, -0.2) is 0 Å². The molecule has 1 aromatic heterocycles. The number of carbonyl (C=O) groups is 1. The fourth-order valence-corrected chi connectivity index (χ4v) is 1.97. The van der Waals surface area contributed by atoms with Crippen LogP contribution in [0.1, 0.15) is 30.3 Å². The lowest BCUT2D eigenvalue weighted by Gasteiger charge is -2.09. The Morgan fingerprint density at radius 1 is 1.40 bits per heavy atom. The SMILES string of the molecule is CCC(O)CCNC(=O)c1cc(=O)c2ccccc2[nH]1. The van der Waals surface area contributed by atoms with Gasteiger partial charge in [0.15, 0.2) is 5.43 Å². The van der Waals surface area contributed by atoms with Gasteiger partial charge in [-0.15, -0.1) is 0 Å². The van der Waals surface area contributed by atoms with E-state index in [1.807, 2.05) is 6.92 Å². The second-order valence-electron chi connectivity index (χ2n) is 4.70. The molecule has 0 aliphatic carbocycles. The van der Waals surface area contributed by atoms with Crippen molar-refractivity contribution in [2.24, 2.45) is 0 Å². The summed E-state index contributed by atoms with van der Waals surface area (Å²) in [5, 5.41) is 12.7. The number of pyridine rings is 1. The summed E-state index contributed by atoms with van der Waals surface area (Å²) in [7, 11) is 0. The van der Waals surface area contributed by atoms with Gasteiger partial charge in [-0.3, -0.25) is 9.59 Å². The van der Waals surface area contributed by atoms with E-state index in [-0.39, 0.29) is 17.0 Å². The quantitative estimate of drug-likeness (QED) is 0.771. The van der Waals surface area contributed by atoms with Crippen LogP contribution in [0.2, 0.25) is 0 Å². The highest BCUT2D eigenvalue weighted by molar-refractivity contribution is 5.94. The Morgan fingerprint density at radius 3 is 2.90 bits per heavy atom. The van der Waals surface area contributed by atoms with Crippen LogP contribution < -0.4 is 10.7 Å². The molecule has 2 aromatic rings. The predicted molar refractivity (Wildman–Crippen MR) is 77.8 cm³/mol. The van der Waals surface area contributed by atoms with Crippen molar-refractivity contribution < 1.29 is 9.90 Å². The molecule has 0 radical (unpaired) electrons. The molecule has 1 amide bonds. The van der Waals surface area contributed by atoms with Gasteiger partial charge in [-0.1, -0.05) is 19.1 Å². The standard InChI is InChI=1S/C15H18N2O3/c1-2-10(18)7-8-16-15(20)13-9-14(19)11-5-3-4-6-12(11)17-13/h3-6,9-10,18H,2,7-8H2,1H3,(H,16,20)(H,17,19). The molecule has 1 aromatic carbocycles. The molecule has 1 unspecified atom stereocenters. The molecule has 5 nitrogen and oxygen atoms in total. The van der Waals surface area contributed by atoms with E-state index < -0.39 is 6.10 Å². The second kappa shape index (κ2) is 6.34. The first-order valence-corrected chi connectivity index (χ1v) is 6.70. The van der Waals surface area contributed by atoms with Crippen LogP contribution >= 0.6 is 0 Å². The van der Waals surface area contributed by atoms with Gasteiger partial charge in [-0.05, 0) is 25.0 Å². The number of hydrogen-bond donors (Lipinski definition) is 3. The average molecular weight is 274 g/mol. The normalized spacial score (nSPS) is 12.3. The molecule has 0 saturated carbocycles. The van der Waals surface area contributed by atoms with E-state index in [1.54, 1.807) is 24.3 Å². The Balaban J connectivity index is 2.12. The highest BCUT2D eigenvalue weighted by Crippen LogP contribution is 2.07. The summed E-state index contributed by atoms with van der Waals surface area (Å²) in [6, 6.07) is 8.36. The van der Waals surface area contributed by atoms with Crippen molar-refractivity contribution >= 4 is 16.8 Å². The Kier molecular flexibility index (Phi) is 4.53. The maximum atomic E-state index is 11.9. The van der Waals surface area contributed by atoms with Crippen LogP contribution in [0.5, 0.6) is 0 Å². The highest BCUT2D eigenvalue weighted by atomic mass is 16.3. The molecular formula is C15H18N2O3. The van der Waals surface area contributed by atoms with Gasteiger partial charge in [-0.2, -0.15) is 0 Å². The highest BCUT2D eigenvalue weighted by Gasteiger charge is 2.09. The second-order valence-corrected chi connectivity index (χ2v) is 4.70. The summed E-state index contributed by atoms with van der Waals surface area (Å²) in [4.78, 5) is 26.8. The molecule has 0 fully saturated rings. The number of para-hydroxylation sites is 1. The van der Waals surface area contributed by atoms with Crippen molar-refractivity contribution in [1.82, 2.24) is 10.3 Å². The number of aromatic amines is 1. The molecule has 0 saturated heterocycles. The van der Waals surface area contributed by atoms with Gasteiger partial charge < -0.3 is 15.4 Å². The van der Waals surface area contributed by atoms with Gasteiger partial charge in [0, 0.05) is 23.5 Å². The maximum Gasteiger partial charge on any atom is 0.267 e. The van der Waals surface area contributed by atoms with E-state index in [2.05, 4.69) is 10.3 Å². The lowest BCUT2D eigenvalue weighted by Crippen LogP contribution is -2.28. The van der Waals surface area contributed by atoms with E-state index in [4.69, 9.17) is 0 Å². The molecule has 2 rings (SSSR count). The number of benzene rings is 1. The zero-order valence-electron chi connectivity index (χ0n) is 11.3. The number of rotatable bonds is 5. The van der Waals surface area contributed by atoms with E-state index >= 15 is 0 Å². The van der Waals surface area contributed by atoms with Crippen LogP contribution in [0.3, 0.4) is 0 Å². The minimum absolute atomic E-state index is 0.182. The van der Waals surface area contributed by atoms with Gasteiger partial charge in [0.05, 0.1) is 6.10 Å². The molecule has 1 atom stereocenters. The Hall–Kier alpha value is -2.14. The van der Waals surface area contributed by atoms with Crippen LogP contribution in [0, 0.1) is 0 Å². The Morgan fingerprint density at radius 2 is 2.15 bits per heavy atom. The van der Waals surface area contributed by atoms with Crippen molar-refractivity contribution in [3.8, 4) is 0 Å². The van der Waals surface area contributed by atoms with Crippen LogP contribution in [0.25, 0.3) is 10.9 Å². The lowest BCUT2D eigenvalue weighted by atomic mass is 10.2. The summed E-state index contributed by atoms with van der Waals surface area (Å²) >= 11 is 0. The van der Waals surface area contributed by atoms with Gasteiger partial charge >= 0.3 is 0 Å². The fourth-order valence-electron chi connectivity index (χ4n) is 1.97. The molecule has 0 spiro atoms. The first-order valence-electron chi connectivity index (χ1n) is 6.70. The first kappa shape index (κ1) is 14.3. The summed E-state index contributed by atoms with van der Waals surface area (Å²) in [5.74, 6) is -0.337. The third-order valence-electron chi connectivity index (χ3n) is 3.22. The number of nitrogens with one attached hydrogen (secondary N) is 2. The third-order valence-corrected chi connectivity index (χ3v) is 3.22. The van der Waals surface area contributed by atoms with Crippen LogP contribution in [-0.4, -0.2) is 28.6 Å². The molecule has 1 heterocycles. The van der Waals surface area contributed by atoms with Crippen LogP contribution in [0.15, 0.2) is 35.1 Å². The van der Waals surface area contributed by atoms with E-state index in [9.17, 15) is 14.7 Å². The summed E-state index contributed by atoms with van der Waals surface area (Å²) in [5.41, 5.74) is 0.691. The van der Waals surface area contributed by atoms with Crippen molar-refractivity contribution in [2.75, 3.05) is 6.54 Å². The number of aliphatic hydroxyl groups excluding tert-OH is 1. The maximum absolute atomic E-state index is 11.9.